The Labute approximate surface area is 43.0 Å². The van der Waals surface area contributed by atoms with Crippen molar-refractivity contribution in [2.24, 2.45) is 0 Å². The predicted molar refractivity (Wildman–Crippen MR) is 26.8 cm³/mol. The summed E-state index contributed by atoms with van der Waals surface area (Å²) in [5.74, 6) is 9.39. The molecule has 0 fully saturated rings. The van der Waals surface area contributed by atoms with Gasteiger partial charge in [-0.05, 0) is 12.8 Å². The van der Waals surface area contributed by atoms with Gasteiger partial charge in [0.1, 0.15) is 0 Å². The van der Waals surface area contributed by atoms with E-state index < -0.39 is 0 Å². The Hall–Kier alpha value is -1.39. The second-order valence-electron chi connectivity index (χ2n) is 0.737. The minimum Gasteiger partial charge on any atom is -0.183 e. The molecule has 0 aromatic carbocycles. The zero-order valence-electron chi connectivity index (χ0n) is 3.95. The molecule has 0 aromatic heterocycles. The molecule has 0 amide bonds. The van der Waals surface area contributed by atoms with E-state index in [0.29, 0.717) is 0 Å². The summed E-state index contributed by atoms with van der Waals surface area (Å²) in [7, 11) is 0. The second-order valence-corrected chi connectivity index (χ2v) is 0.737. The minimum atomic E-state index is 1.64. The second kappa shape index (κ2) is 4.61. The zero-order valence-corrected chi connectivity index (χ0v) is 3.95. The molecule has 0 bridgehead atoms. The lowest BCUT2D eigenvalue weighted by Crippen LogP contribution is -1.46. The van der Waals surface area contributed by atoms with Crippen LogP contribution in [0.1, 0.15) is 6.92 Å². The van der Waals surface area contributed by atoms with Gasteiger partial charge in [0.05, 0.1) is 0 Å². The third-order valence-electron chi connectivity index (χ3n) is 0.306. The topological polar surface area (TPSA) is 23.8 Å². The maximum Gasteiger partial charge on any atom is 0.153 e. The molecule has 0 N–H and O–H groups in total. The molecule has 0 aliphatic rings. The van der Waals surface area contributed by atoms with Gasteiger partial charge in [-0.25, -0.2) is 0 Å². The average Bonchev–Trinajstić information content (AvgIpc) is 1.69. The van der Waals surface area contributed by atoms with Crippen molar-refractivity contribution in [2.75, 3.05) is 0 Å². The number of hydrogen-bond acceptors (Lipinski definition) is 1. The molecular formula is C6H3N. The number of rotatable bonds is 0. The van der Waals surface area contributed by atoms with E-state index in [9.17, 15) is 0 Å². The third kappa shape index (κ3) is 4.61. The van der Waals surface area contributed by atoms with E-state index in [-0.39, 0.29) is 0 Å². The van der Waals surface area contributed by atoms with E-state index in [1.54, 1.807) is 13.0 Å². The first-order valence-electron chi connectivity index (χ1n) is 1.72. The number of hydrogen-bond donors (Lipinski definition) is 0. The summed E-state index contributed by atoms with van der Waals surface area (Å²) in [4.78, 5) is 0. The first kappa shape index (κ1) is 5.61. The highest BCUT2D eigenvalue weighted by atomic mass is 14.2. The standard InChI is InChI=1S/C6H3N/c1-2-3-4-5-6-7/h1H3. The molecular weight excluding hydrogens is 86.1 g/mol. The van der Waals surface area contributed by atoms with E-state index in [4.69, 9.17) is 5.26 Å². The molecule has 7 heavy (non-hydrogen) atoms. The predicted octanol–water partition coefficient (Wildman–Crippen LogP) is 0.537. The summed E-state index contributed by atoms with van der Waals surface area (Å²) in [6.07, 6.45) is 0. The van der Waals surface area contributed by atoms with Gasteiger partial charge in [-0.3, -0.25) is 0 Å². The highest BCUT2D eigenvalue weighted by Gasteiger charge is 1.48. The smallest absolute Gasteiger partial charge is 0.153 e. The summed E-state index contributed by atoms with van der Waals surface area (Å²) in [5.41, 5.74) is 0. The van der Waals surface area contributed by atoms with Crippen LogP contribution in [0.4, 0.5) is 0 Å². The normalized spacial score (nSPS) is 3.43. The third-order valence-corrected chi connectivity index (χ3v) is 0.306. The average molecular weight is 89.1 g/mol. The van der Waals surface area contributed by atoms with Crippen LogP contribution in [0.5, 0.6) is 0 Å². The summed E-state index contributed by atoms with van der Waals surface area (Å²) < 4.78 is 0. The molecule has 0 heterocycles. The Morgan fingerprint density at radius 2 is 1.86 bits per heavy atom. The van der Waals surface area contributed by atoms with Gasteiger partial charge in [0.2, 0.25) is 0 Å². The van der Waals surface area contributed by atoms with Gasteiger partial charge < -0.3 is 0 Å². The highest BCUT2D eigenvalue weighted by Crippen LogP contribution is 1.48. The molecule has 0 atom stereocenters. The van der Waals surface area contributed by atoms with Crippen LogP contribution in [0.25, 0.3) is 0 Å². The SMILES string of the molecule is CC#CC#CC#N. The molecule has 0 unspecified atom stereocenters. The maximum atomic E-state index is 7.80. The van der Waals surface area contributed by atoms with Crippen molar-refractivity contribution in [3.63, 3.8) is 0 Å². The fourth-order valence-corrected chi connectivity index (χ4v) is 0.122. The molecule has 0 aliphatic heterocycles. The Morgan fingerprint density at radius 1 is 1.14 bits per heavy atom. The lowest BCUT2D eigenvalue weighted by atomic mass is 10.6. The van der Waals surface area contributed by atoms with E-state index in [2.05, 4.69) is 23.7 Å². The van der Waals surface area contributed by atoms with Crippen molar-refractivity contribution < 1.29 is 0 Å². The van der Waals surface area contributed by atoms with Crippen molar-refractivity contribution >= 4 is 0 Å². The quantitative estimate of drug-likeness (QED) is 0.397. The number of nitriles is 1. The summed E-state index contributed by atoms with van der Waals surface area (Å²) in [6.45, 7) is 1.67. The van der Waals surface area contributed by atoms with E-state index in [1.165, 1.54) is 0 Å². The Kier molecular flexibility index (Phi) is 3.69. The van der Waals surface area contributed by atoms with Crippen LogP contribution in [0.15, 0.2) is 0 Å². The fourth-order valence-electron chi connectivity index (χ4n) is 0.122. The van der Waals surface area contributed by atoms with Crippen LogP contribution in [-0.2, 0) is 0 Å². The Bertz CT molecular complexity index is 186. The van der Waals surface area contributed by atoms with E-state index in [1.807, 2.05) is 0 Å². The van der Waals surface area contributed by atoms with Gasteiger partial charge >= 0.3 is 0 Å². The molecule has 32 valence electrons. The maximum absolute atomic E-state index is 7.80. The van der Waals surface area contributed by atoms with Crippen LogP contribution in [-0.4, -0.2) is 0 Å². The van der Waals surface area contributed by atoms with Gasteiger partial charge in [0, 0.05) is 11.8 Å². The molecule has 0 saturated heterocycles. The molecule has 0 spiro atoms. The molecule has 0 aromatic rings. The van der Waals surface area contributed by atoms with Gasteiger partial charge in [0.25, 0.3) is 0 Å². The zero-order chi connectivity index (χ0) is 5.54. The monoisotopic (exact) mass is 89.0 g/mol. The number of nitrogens with zero attached hydrogens (tertiary/aromatic N) is 1. The summed E-state index contributed by atoms with van der Waals surface area (Å²) in [5, 5.41) is 7.80. The van der Waals surface area contributed by atoms with Gasteiger partial charge in [-0.15, -0.1) is 0 Å². The van der Waals surface area contributed by atoms with Crippen LogP contribution in [0, 0.1) is 35.0 Å². The van der Waals surface area contributed by atoms with Crippen molar-refractivity contribution in [1.82, 2.24) is 0 Å². The molecule has 1 heteroatoms. The Balaban J connectivity index is 3.68. The summed E-state index contributed by atoms with van der Waals surface area (Å²) >= 11 is 0. The largest absolute Gasteiger partial charge is 0.183 e. The molecule has 0 rings (SSSR count). The lowest BCUT2D eigenvalue weighted by molar-refractivity contribution is 1.55. The Morgan fingerprint density at radius 3 is 2.29 bits per heavy atom. The highest BCUT2D eigenvalue weighted by molar-refractivity contribution is 5.31. The van der Waals surface area contributed by atoms with Crippen LogP contribution in [0.2, 0.25) is 0 Å². The molecule has 0 aliphatic carbocycles. The minimum absolute atomic E-state index is 1.64. The van der Waals surface area contributed by atoms with Gasteiger partial charge in [0.15, 0.2) is 6.07 Å². The summed E-state index contributed by atoms with van der Waals surface area (Å²) in [6, 6.07) is 1.64. The van der Waals surface area contributed by atoms with Crippen LogP contribution in [0.3, 0.4) is 0 Å². The first-order chi connectivity index (χ1) is 3.41. The van der Waals surface area contributed by atoms with E-state index in [0.717, 1.165) is 0 Å². The molecule has 0 saturated carbocycles. The molecule has 1 nitrogen and oxygen atoms in total. The fraction of sp³-hybridized carbons (Fsp3) is 0.167. The van der Waals surface area contributed by atoms with Crippen LogP contribution >= 0.6 is 0 Å². The van der Waals surface area contributed by atoms with Crippen molar-refractivity contribution in [1.29, 1.82) is 5.26 Å². The lowest BCUT2D eigenvalue weighted by Gasteiger charge is -1.47. The first-order valence-corrected chi connectivity index (χ1v) is 1.72. The molecule has 0 radical (unpaired) electrons. The van der Waals surface area contributed by atoms with Gasteiger partial charge in [-0.1, -0.05) is 5.92 Å². The van der Waals surface area contributed by atoms with Gasteiger partial charge in [-0.2, -0.15) is 5.26 Å². The van der Waals surface area contributed by atoms with E-state index >= 15 is 0 Å². The van der Waals surface area contributed by atoms with Crippen molar-refractivity contribution in [3.05, 3.63) is 0 Å². The van der Waals surface area contributed by atoms with Crippen molar-refractivity contribution in [3.8, 4) is 29.8 Å². The van der Waals surface area contributed by atoms with Crippen LogP contribution < -0.4 is 0 Å². The van der Waals surface area contributed by atoms with Crippen molar-refractivity contribution in [2.45, 2.75) is 6.92 Å².